The number of hydrogen-bond donors (Lipinski definition) is 1. The van der Waals surface area contributed by atoms with Gasteiger partial charge < -0.3 is 5.11 Å². The molecule has 1 aromatic carbocycles. The molecule has 100 valence electrons. The summed E-state index contributed by atoms with van der Waals surface area (Å²) in [6, 6.07) is 8.39. The van der Waals surface area contributed by atoms with Gasteiger partial charge in [-0.3, -0.25) is 10.1 Å². The van der Waals surface area contributed by atoms with E-state index in [2.05, 4.69) is 5.10 Å². The molecule has 0 atom stereocenters. The van der Waals surface area contributed by atoms with Crippen LogP contribution in [-0.4, -0.2) is 25.8 Å². The highest BCUT2D eigenvalue weighted by atomic mass is 16.6. The van der Waals surface area contributed by atoms with Crippen LogP contribution >= 0.6 is 0 Å². The van der Waals surface area contributed by atoms with Crippen LogP contribution in [-0.2, 0) is 6.54 Å². The van der Waals surface area contributed by atoms with Gasteiger partial charge in [0.25, 0.3) is 0 Å². The van der Waals surface area contributed by atoms with Crippen LogP contribution in [0.2, 0.25) is 0 Å². The number of aromatic nitrogens is 2. The standard InChI is InChI=1S/C12H8N4O4/c13-5-8-1-3-9(4-2-8)7-15-11(12(17)18)10(6-14-15)16(19)20/h1-4,6H,7H2,(H,17,18). The van der Waals surface area contributed by atoms with E-state index in [0.29, 0.717) is 11.1 Å². The Balaban J connectivity index is 2.36. The summed E-state index contributed by atoms with van der Waals surface area (Å²) in [6.45, 7) is 0.0706. The number of carbonyl (C=O) groups is 1. The van der Waals surface area contributed by atoms with Crippen LogP contribution in [0, 0.1) is 21.4 Å². The summed E-state index contributed by atoms with van der Waals surface area (Å²) in [4.78, 5) is 21.0. The lowest BCUT2D eigenvalue weighted by Crippen LogP contribution is -2.12. The van der Waals surface area contributed by atoms with E-state index in [1.54, 1.807) is 24.3 Å². The van der Waals surface area contributed by atoms with Gasteiger partial charge in [0.05, 0.1) is 23.1 Å². The second-order valence-electron chi connectivity index (χ2n) is 3.91. The van der Waals surface area contributed by atoms with Gasteiger partial charge in [-0.25, -0.2) is 9.48 Å². The summed E-state index contributed by atoms with van der Waals surface area (Å²) in [6.07, 6.45) is 0.910. The average Bonchev–Trinajstić information content (AvgIpc) is 2.83. The largest absolute Gasteiger partial charge is 0.476 e. The number of carboxylic acids is 1. The lowest BCUT2D eigenvalue weighted by molar-refractivity contribution is -0.385. The molecule has 0 radical (unpaired) electrons. The van der Waals surface area contributed by atoms with Crippen molar-refractivity contribution in [2.75, 3.05) is 0 Å². The van der Waals surface area contributed by atoms with Crippen LogP contribution in [0.15, 0.2) is 30.5 Å². The van der Waals surface area contributed by atoms with E-state index < -0.39 is 22.3 Å². The number of hydrogen-bond acceptors (Lipinski definition) is 5. The predicted molar refractivity (Wildman–Crippen MR) is 66.1 cm³/mol. The van der Waals surface area contributed by atoms with Crippen molar-refractivity contribution < 1.29 is 14.8 Å². The number of benzene rings is 1. The lowest BCUT2D eigenvalue weighted by Gasteiger charge is -2.04. The van der Waals surface area contributed by atoms with Crippen molar-refractivity contribution in [2.24, 2.45) is 0 Å². The van der Waals surface area contributed by atoms with E-state index in [0.717, 1.165) is 10.9 Å². The fourth-order valence-corrected chi connectivity index (χ4v) is 1.71. The Morgan fingerprint density at radius 3 is 2.60 bits per heavy atom. The topological polar surface area (TPSA) is 122 Å². The summed E-state index contributed by atoms with van der Waals surface area (Å²) in [5.41, 5.74) is 0.133. The van der Waals surface area contributed by atoms with Crippen LogP contribution in [0.4, 0.5) is 5.69 Å². The minimum atomic E-state index is -1.41. The van der Waals surface area contributed by atoms with Gasteiger partial charge in [-0.05, 0) is 17.7 Å². The maximum atomic E-state index is 11.1. The molecular formula is C12H8N4O4. The maximum absolute atomic E-state index is 11.1. The van der Waals surface area contributed by atoms with Crippen molar-refractivity contribution in [2.45, 2.75) is 6.54 Å². The third-order valence-electron chi connectivity index (χ3n) is 2.63. The molecule has 0 amide bonds. The highest BCUT2D eigenvalue weighted by molar-refractivity contribution is 5.90. The Kier molecular flexibility index (Phi) is 3.43. The van der Waals surface area contributed by atoms with Crippen molar-refractivity contribution in [3.63, 3.8) is 0 Å². The maximum Gasteiger partial charge on any atom is 0.361 e. The number of rotatable bonds is 4. The Labute approximate surface area is 112 Å². The highest BCUT2D eigenvalue weighted by Gasteiger charge is 2.26. The van der Waals surface area contributed by atoms with Gasteiger partial charge >= 0.3 is 11.7 Å². The van der Waals surface area contributed by atoms with Crippen molar-refractivity contribution in [3.05, 3.63) is 57.4 Å². The normalized spacial score (nSPS) is 9.95. The van der Waals surface area contributed by atoms with Crippen molar-refractivity contribution in [3.8, 4) is 6.07 Å². The first-order valence-corrected chi connectivity index (χ1v) is 5.45. The molecule has 0 aliphatic rings. The van der Waals surface area contributed by atoms with Gasteiger partial charge in [0.1, 0.15) is 6.20 Å². The molecule has 2 rings (SSSR count). The first-order valence-electron chi connectivity index (χ1n) is 5.45. The number of nitrogens with zero attached hydrogens (tertiary/aromatic N) is 4. The number of nitriles is 1. The fraction of sp³-hybridized carbons (Fsp3) is 0.0833. The third-order valence-corrected chi connectivity index (χ3v) is 2.63. The summed E-state index contributed by atoms with van der Waals surface area (Å²) in [7, 11) is 0. The predicted octanol–water partition coefficient (Wildman–Crippen LogP) is 1.41. The Morgan fingerprint density at radius 2 is 2.10 bits per heavy atom. The zero-order valence-electron chi connectivity index (χ0n) is 10.1. The SMILES string of the molecule is N#Cc1ccc(Cn2ncc([N+](=O)[O-])c2C(=O)O)cc1. The van der Waals surface area contributed by atoms with Crippen LogP contribution in [0.5, 0.6) is 0 Å². The van der Waals surface area contributed by atoms with Crippen molar-refractivity contribution in [1.82, 2.24) is 9.78 Å². The molecule has 8 heteroatoms. The molecule has 0 aliphatic heterocycles. The minimum Gasteiger partial charge on any atom is -0.476 e. The van der Waals surface area contributed by atoms with Gasteiger partial charge in [0, 0.05) is 0 Å². The van der Waals surface area contributed by atoms with Crippen LogP contribution < -0.4 is 0 Å². The van der Waals surface area contributed by atoms with E-state index >= 15 is 0 Å². The molecule has 2 aromatic rings. The molecular weight excluding hydrogens is 264 g/mol. The summed E-state index contributed by atoms with van der Waals surface area (Å²) in [5, 5.41) is 32.2. The molecule has 0 unspecified atom stereocenters. The minimum absolute atomic E-state index is 0.0706. The van der Waals surface area contributed by atoms with Crippen LogP contribution in [0.1, 0.15) is 21.6 Å². The fourth-order valence-electron chi connectivity index (χ4n) is 1.71. The lowest BCUT2D eigenvalue weighted by atomic mass is 10.1. The third kappa shape index (κ3) is 2.46. The van der Waals surface area contributed by atoms with E-state index in [1.807, 2.05) is 6.07 Å². The second-order valence-corrected chi connectivity index (χ2v) is 3.91. The molecule has 0 fully saturated rings. The molecule has 0 aliphatic carbocycles. The summed E-state index contributed by atoms with van der Waals surface area (Å²) >= 11 is 0. The zero-order chi connectivity index (χ0) is 14.7. The molecule has 1 heterocycles. The van der Waals surface area contributed by atoms with E-state index in [4.69, 9.17) is 10.4 Å². The van der Waals surface area contributed by atoms with Gasteiger partial charge in [0.15, 0.2) is 0 Å². The molecule has 1 N–H and O–H groups in total. The van der Waals surface area contributed by atoms with E-state index in [9.17, 15) is 14.9 Å². The van der Waals surface area contributed by atoms with Gasteiger partial charge in [-0.15, -0.1) is 0 Å². The Hall–Kier alpha value is -3.21. The van der Waals surface area contributed by atoms with Gasteiger partial charge in [-0.2, -0.15) is 10.4 Å². The molecule has 1 aromatic heterocycles. The van der Waals surface area contributed by atoms with E-state index in [1.165, 1.54) is 0 Å². The molecule has 0 saturated heterocycles. The number of carboxylic acid groups (broad SMARTS) is 1. The van der Waals surface area contributed by atoms with Crippen molar-refractivity contribution in [1.29, 1.82) is 5.26 Å². The quantitative estimate of drug-likeness (QED) is 0.663. The molecule has 0 bridgehead atoms. The summed E-state index contributed by atoms with van der Waals surface area (Å²) in [5.74, 6) is -1.41. The molecule has 0 spiro atoms. The highest BCUT2D eigenvalue weighted by Crippen LogP contribution is 2.19. The molecule has 8 nitrogen and oxygen atoms in total. The van der Waals surface area contributed by atoms with Gasteiger partial charge in [-0.1, -0.05) is 12.1 Å². The van der Waals surface area contributed by atoms with Crippen LogP contribution in [0.25, 0.3) is 0 Å². The Morgan fingerprint density at radius 1 is 1.45 bits per heavy atom. The molecule has 20 heavy (non-hydrogen) atoms. The van der Waals surface area contributed by atoms with Crippen LogP contribution in [0.3, 0.4) is 0 Å². The zero-order valence-corrected chi connectivity index (χ0v) is 10.1. The summed E-state index contributed by atoms with van der Waals surface area (Å²) < 4.78 is 1.04. The second kappa shape index (κ2) is 5.19. The van der Waals surface area contributed by atoms with E-state index in [-0.39, 0.29) is 6.54 Å². The first kappa shape index (κ1) is 13.2. The smallest absolute Gasteiger partial charge is 0.361 e. The monoisotopic (exact) mass is 272 g/mol. The number of aromatic carboxylic acids is 1. The Bertz CT molecular complexity index is 712. The van der Waals surface area contributed by atoms with Crippen molar-refractivity contribution >= 4 is 11.7 Å². The first-order chi connectivity index (χ1) is 9.52. The average molecular weight is 272 g/mol. The number of nitro groups is 1. The molecule has 0 saturated carbocycles. The van der Waals surface area contributed by atoms with Gasteiger partial charge in [0.2, 0.25) is 5.69 Å².